The summed E-state index contributed by atoms with van der Waals surface area (Å²) in [6.45, 7) is 10.1. The van der Waals surface area contributed by atoms with E-state index in [-0.39, 0.29) is 5.60 Å². The Morgan fingerprint density at radius 3 is 2.29 bits per heavy atom. The van der Waals surface area contributed by atoms with Crippen LogP contribution in [-0.4, -0.2) is 12.2 Å². The highest BCUT2D eigenvalue weighted by molar-refractivity contribution is 7.09. The second-order valence-electron chi connectivity index (χ2n) is 7.68. The van der Waals surface area contributed by atoms with Gasteiger partial charge in [-0.15, -0.1) is 11.3 Å². The molecule has 1 nitrogen and oxygen atoms in total. The van der Waals surface area contributed by atoms with Crippen molar-refractivity contribution in [2.75, 3.05) is 6.61 Å². The highest BCUT2D eigenvalue weighted by Gasteiger charge is 2.29. The predicted octanol–water partition coefficient (Wildman–Crippen LogP) is 7.64. The molecule has 1 aromatic heterocycles. The normalized spacial score (nSPS) is 13.3. The molecule has 0 saturated heterocycles. The molecule has 0 aliphatic rings. The Kier molecular flexibility index (Phi) is 11.7. The van der Waals surface area contributed by atoms with Gasteiger partial charge in [0.1, 0.15) is 0 Å². The van der Waals surface area contributed by atoms with E-state index in [4.69, 9.17) is 4.74 Å². The number of hydrogen-bond acceptors (Lipinski definition) is 2. The van der Waals surface area contributed by atoms with Gasteiger partial charge in [-0.2, -0.15) is 0 Å². The van der Waals surface area contributed by atoms with Crippen LogP contribution >= 0.6 is 11.3 Å². The van der Waals surface area contributed by atoms with Gasteiger partial charge in [0.2, 0.25) is 0 Å². The molecule has 0 aliphatic carbocycles. The van der Waals surface area contributed by atoms with Crippen molar-refractivity contribution in [3.8, 4) is 0 Å². The zero-order chi connectivity index (χ0) is 17.7. The van der Waals surface area contributed by atoms with Crippen LogP contribution in [0.25, 0.3) is 0 Å². The van der Waals surface area contributed by atoms with Crippen molar-refractivity contribution in [3.63, 3.8) is 0 Å². The number of ether oxygens (including phenoxy) is 1. The lowest BCUT2D eigenvalue weighted by molar-refractivity contribution is -0.0647. The third-order valence-corrected chi connectivity index (χ3v) is 6.13. The molecule has 0 aromatic carbocycles. The molecule has 1 rings (SSSR count). The van der Waals surface area contributed by atoms with E-state index in [0.717, 1.165) is 13.0 Å². The fourth-order valence-corrected chi connectivity index (χ4v) is 4.14. The zero-order valence-electron chi connectivity index (χ0n) is 16.6. The smallest absolute Gasteiger partial charge is 0.0654 e. The van der Waals surface area contributed by atoms with Gasteiger partial charge in [0.25, 0.3) is 0 Å². The van der Waals surface area contributed by atoms with E-state index in [0.29, 0.717) is 5.92 Å². The predicted molar refractivity (Wildman–Crippen MR) is 109 cm³/mol. The fraction of sp³-hybridized carbons (Fsp3) is 0.818. The second-order valence-corrected chi connectivity index (χ2v) is 8.71. The van der Waals surface area contributed by atoms with Gasteiger partial charge < -0.3 is 4.74 Å². The van der Waals surface area contributed by atoms with Crippen molar-refractivity contribution in [2.45, 2.75) is 104 Å². The Labute approximate surface area is 155 Å². The molecule has 2 heteroatoms. The van der Waals surface area contributed by atoms with Gasteiger partial charge in [-0.05, 0) is 44.1 Å². The maximum absolute atomic E-state index is 6.36. The summed E-state index contributed by atoms with van der Waals surface area (Å²) >= 11 is 1.84. The van der Waals surface area contributed by atoms with Crippen molar-refractivity contribution in [1.29, 1.82) is 0 Å². The van der Waals surface area contributed by atoms with Crippen molar-refractivity contribution >= 4 is 11.3 Å². The lowest BCUT2D eigenvalue weighted by Gasteiger charge is -2.35. The molecule has 1 atom stereocenters. The van der Waals surface area contributed by atoms with Crippen LogP contribution in [0.3, 0.4) is 0 Å². The van der Waals surface area contributed by atoms with Crippen LogP contribution in [0, 0.1) is 5.92 Å². The third-order valence-electron chi connectivity index (χ3n) is 5.20. The number of unbranched alkanes of at least 4 members (excludes halogenated alkanes) is 6. The summed E-state index contributed by atoms with van der Waals surface area (Å²) < 4.78 is 6.36. The summed E-state index contributed by atoms with van der Waals surface area (Å²) in [6, 6.07) is 4.35. The number of hydrogen-bond donors (Lipinski definition) is 0. The Balaban J connectivity index is 2.35. The highest BCUT2D eigenvalue weighted by Crippen LogP contribution is 2.31. The minimum atomic E-state index is 0.00977. The van der Waals surface area contributed by atoms with Gasteiger partial charge in [-0.25, -0.2) is 0 Å². The average molecular weight is 353 g/mol. The highest BCUT2D eigenvalue weighted by atomic mass is 32.1. The molecular formula is C22H40OS. The van der Waals surface area contributed by atoms with E-state index in [1.165, 1.54) is 69.1 Å². The summed E-state index contributed by atoms with van der Waals surface area (Å²) in [7, 11) is 0. The molecule has 1 unspecified atom stereocenters. The maximum atomic E-state index is 6.36. The second kappa shape index (κ2) is 12.9. The van der Waals surface area contributed by atoms with Gasteiger partial charge in [0.05, 0.1) is 12.2 Å². The van der Waals surface area contributed by atoms with Crippen LogP contribution in [0.1, 0.15) is 96.8 Å². The van der Waals surface area contributed by atoms with Crippen molar-refractivity contribution in [1.82, 2.24) is 0 Å². The summed E-state index contributed by atoms with van der Waals surface area (Å²) in [5.74, 6) is 0.701. The Hall–Kier alpha value is -0.340. The maximum Gasteiger partial charge on any atom is 0.0654 e. The Morgan fingerprint density at radius 1 is 0.958 bits per heavy atom. The van der Waals surface area contributed by atoms with Gasteiger partial charge in [-0.3, -0.25) is 0 Å². The molecule has 0 saturated carbocycles. The van der Waals surface area contributed by atoms with Crippen molar-refractivity contribution in [2.24, 2.45) is 5.92 Å². The van der Waals surface area contributed by atoms with Crippen LogP contribution in [0.4, 0.5) is 0 Å². The quantitative estimate of drug-likeness (QED) is 0.295. The van der Waals surface area contributed by atoms with Gasteiger partial charge in [0.15, 0.2) is 0 Å². The molecule has 140 valence electrons. The summed E-state index contributed by atoms with van der Waals surface area (Å²) in [4.78, 5) is 1.44. The van der Waals surface area contributed by atoms with Gasteiger partial charge in [0, 0.05) is 11.3 Å². The first-order valence-electron chi connectivity index (χ1n) is 10.3. The van der Waals surface area contributed by atoms with Crippen molar-refractivity contribution in [3.05, 3.63) is 22.4 Å². The molecule has 0 aliphatic heterocycles. The summed E-state index contributed by atoms with van der Waals surface area (Å²) in [5, 5.41) is 2.16. The summed E-state index contributed by atoms with van der Waals surface area (Å²) in [5.41, 5.74) is 0.00977. The average Bonchev–Trinajstić information content (AvgIpc) is 3.06. The zero-order valence-corrected chi connectivity index (χ0v) is 17.4. The standard InChI is InChI=1S/C22H40OS/c1-5-7-9-10-11-12-15-20(14-8-6-2)22(3,4)23-18-17-21-16-13-19-24-21/h13,16,19-20H,5-12,14-15,17-18H2,1-4H3. The first-order chi connectivity index (χ1) is 11.6. The number of rotatable bonds is 15. The van der Waals surface area contributed by atoms with Crippen LogP contribution in [0.15, 0.2) is 17.5 Å². The Morgan fingerprint density at radius 2 is 1.62 bits per heavy atom. The van der Waals surface area contributed by atoms with Gasteiger partial charge >= 0.3 is 0 Å². The molecule has 0 radical (unpaired) electrons. The van der Waals surface area contributed by atoms with Crippen LogP contribution < -0.4 is 0 Å². The molecule has 1 heterocycles. The Bertz CT molecular complexity index is 383. The monoisotopic (exact) mass is 352 g/mol. The summed E-state index contributed by atoms with van der Waals surface area (Å²) in [6.07, 6.45) is 14.7. The van der Waals surface area contributed by atoms with E-state index in [9.17, 15) is 0 Å². The minimum Gasteiger partial charge on any atom is -0.375 e. The molecule has 0 N–H and O–H groups in total. The fourth-order valence-electron chi connectivity index (χ4n) is 3.45. The lowest BCUT2D eigenvalue weighted by Crippen LogP contribution is -2.35. The molecule has 0 spiro atoms. The lowest BCUT2D eigenvalue weighted by atomic mass is 9.82. The van der Waals surface area contributed by atoms with Crippen LogP contribution in [0.5, 0.6) is 0 Å². The van der Waals surface area contributed by atoms with Crippen molar-refractivity contribution < 1.29 is 4.74 Å². The molecule has 0 fully saturated rings. The third kappa shape index (κ3) is 9.22. The number of thiophene rings is 1. The van der Waals surface area contributed by atoms with Crippen LogP contribution in [0.2, 0.25) is 0 Å². The minimum absolute atomic E-state index is 0.00977. The first-order valence-corrected chi connectivity index (χ1v) is 11.1. The topological polar surface area (TPSA) is 9.23 Å². The van der Waals surface area contributed by atoms with E-state index in [1.54, 1.807) is 0 Å². The van der Waals surface area contributed by atoms with E-state index in [2.05, 4.69) is 45.2 Å². The molecule has 0 bridgehead atoms. The van der Waals surface area contributed by atoms with E-state index in [1.807, 2.05) is 11.3 Å². The molecular weight excluding hydrogens is 312 g/mol. The molecule has 1 aromatic rings. The van der Waals surface area contributed by atoms with Gasteiger partial charge in [-0.1, -0.05) is 71.3 Å². The largest absolute Gasteiger partial charge is 0.375 e. The SMILES string of the molecule is CCCCCCCCC(CCCC)C(C)(C)OCCc1cccs1. The van der Waals surface area contributed by atoms with Crippen LogP contribution in [-0.2, 0) is 11.2 Å². The first kappa shape index (κ1) is 21.7. The van der Waals surface area contributed by atoms with E-state index < -0.39 is 0 Å². The van der Waals surface area contributed by atoms with E-state index >= 15 is 0 Å². The molecule has 24 heavy (non-hydrogen) atoms. The molecule has 0 amide bonds.